The van der Waals surface area contributed by atoms with Crippen molar-refractivity contribution in [2.24, 2.45) is 0 Å². The van der Waals surface area contributed by atoms with E-state index in [9.17, 15) is 0 Å². The third-order valence-electron chi connectivity index (χ3n) is 6.45. The number of piperidine rings is 2. The number of anilines is 1. The van der Waals surface area contributed by atoms with Crippen molar-refractivity contribution < 1.29 is 0 Å². The molecular formula is C22H31ClN4. The van der Waals surface area contributed by atoms with Crippen molar-refractivity contribution in [2.45, 2.75) is 58.5 Å². The Balaban J connectivity index is 0.00000210. The predicted octanol–water partition coefficient (Wildman–Crippen LogP) is 4.16. The molecule has 4 rings (SSSR count). The number of terminal acetylenes is 1. The van der Waals surface area contributed by atoms with E-state index in [0.717, 1.165) is 24.9 Å². The molecule has 0 amide bonds. The number of fused-ring (bicyclic) bond motifs is 1. The van der Waals surface area contributed by atoms with Crippen LogP contribution in [0.25, 0.3) is 10.9 Å². The number of halogens is 1. The summed E-state index contributed by atoms with van der Waals surface area (Å²) < 4.78 is 2.27. The Kier molecular flexibility index (Phi) is 6.34. The molecule has 0 bridgehead atoms. The number of aromatic nitrogens is 2. The first-order chi connectivity index (χ1) is 12.7. The van der Waals surface area contributed by atoms with E-state index in [2.05, 4.69) is 40.2 Å². The van der Waals surface area contributed by atoms with E-state index >= 15 is 0 Å². The Morgan fingerprint density at radius 1 is 1.11 bits per heavy atom. The lowest BCUT2D eigenvalue weighted by Gasteiger charge is -2.40. The van der Waals surface area contributed by atoms with Crippen molar-refractivity contribution in [3.63, 3.8) is 0 Å². The second-order valence-corrected chi connectivity index (χ2v) is 7.85. The van der Waals surface area contributed by atoms with Crippen LogP contribution in [0.3, 0.4) is 0 Å². The van der Waals surface area contributed by atoms with Gasteiger partial charge in [0.1, 0.15) is 0 Å². The largest absolute Gasteiger partial charge is 0.355 e. The van der Waals surface area contributed by atoms with Crippen molar-refractivity contribution >= 4 is 29.1 Å². The maximum Gasteiger partial charge on any atom is 0.153 e. The maximum atomic E-state index is 5.65. The third kappa shape index (κ3) is 3.68. The Hall–Kier alpha value is -1.70. The summed E-state index contributed by atoms with van der Waals surface area (Å²) in [4.78, 5) is 10.00. The molecule has 5 heteroatoms. The van der Waals surface area contributed by atoms with Gasteiger partial charge < -0.3 is 14.4 Å². The van der Waals surface area contributed by atoms with Crippen molar-refractivity contribution in [3.05, 3.63) is 23.5 Å². The van der Waals surface area contributed by atoms with E-state index in [1.165, 1.54) is 67.4 Å². The lowest BCUT2D eigenvalue weighted by molar-refractivity contribution is 0.141. The van der Waals surface area contributed by atoms with Gasteiger partial charge in [0.05, 0.1) is 12.1 Å². The fourth-order valence-electron chi connectivity index (χ4n) is 4.82. The molecule has 0 unspecified atom stereocenters. The molecule has 2 aliphatic rings. The van der Waals surface area contributed by atoms with Gasteiger partial charge in [-0.2, -0.15) is 0 Å². The van der Waals surface area contributed by atoms with Gasteiger partial charge in [-0.05, 0) is 64.3 Å². The summed E-state index contributed by atoms with van der Waals surface area (Å²) in [5.41, 5.74) is 3.80. The Labute approximate surface area is 169 Å². The average Bonchev–Trinajstić information content (AvgIpc) is 2.94. The summed E-state index contributed by atoms with van der Waals surface area (Å²) in [6.45, 7) is 9.73. The molecule has 2 aromatic heterocycles. The van der Waals surface area contributed by atoms with Crippen LogP contribution in [-0.4, -0.2) is 46.7 Å². The standard InChI is InChI=1S/C22H30N4.ClH/c1-4-12-26-18(3)17(2)20-8-11-23-22(21(20)26)25-15-9-19(10-16-25)24-13-6-5-7-14-24;/h1,8,11,19H,5-7,9-10,12-16H2,2-3H3;1H. The maximum absolute atomic E-state index is 5.65. The third-order valence-corrected chi connectivity index (χ3v) is 6.45. The number of pyridine rings is 1. The topological polar surface area (TPSA) is 24.3 Å². The second-order valence-electron chi connectivity index (χ2n) is 7.85. The smallest absolute Gasteiger partial charge is 0.153 e. The van der Waals surface area contributed by atoms with Crippen LogP contribution >= 0.6 is 12.4 Å². The second kappa shape index (κ2) is 8.54. The van der Waals surface area contributed by atoms with Gasteiger partial charge in [0.2, 0.25) is 0 Å². The fourth-order valence-corrected chi connectivity index (χ4v) is 4.82. The number of nitrogens with zero attached hydrogens (tertiary/aromatic N) is 4. The molecule has 27 heavy (non-hydrogen) atoms. The lowest BCUT2D eigenvalue weighted by atomic mass is 10.00. The van der Waals surface area contributed by atoms with E-state index in [-0.39, 0.29) is 12.4 Å². The highest BCUT2D eigenvalue weighted by atomic mass is 35.5. The highest BCUT2D eigenvalue weighted by Crippen LogP contribution is 2.33. The normalized spacial score (nSPS) is 19.1. The van der Waals surface area contributed by atoms with Gasteiger partial charge in [-0.3, -0.25) is 0 Å². The van der Waals surface area contributed by atoms with E-state index in [4.69, 9.17) is 11.4 Å². The first kappa shape index (κ1) is 20.0. The number of hydrogen-bond acceptors (Lipinski definition) is 3. The summed E-state index contributed by atoms with van der Waals surface area (Å²) in [6.07, 6.45) is 14.2. The van der Waals surface area contributed by atoms with Crippen molar-refractivity contribution in [2.75, 3.05) is 31.1 Å². The quantitative estimate of drug-likeness (QED) is 0.740. The molecular weight excluding hydrogens is 356 g/mol. The van der Waals surface area contributed by atoms with Crippen LogP contribution in [0.1, 0.15) is 43.4 Å². The first-order valence-corrected chi connectivity index (χ1v) is 10.1. The van der Waals surface area contributed by atoms with Gasteiger partial charge in [-0.25, -0.2) is 4.98 Å². The van der Waals surface area contributed by atoms with Crippen LogP contribution in [0.2, 0.25) is 0 Å². The molecule has 2 fully saturated rings. The van der Waals surface area contributed by atoms with Crippen LogP contribution < -0.4 is 4.90 Å². The molecule has 0 aromatic carbocycles. The summed E-state index contributed by atoms with van der Waals surface area (Å²) in [6, 6.07) is 2.89. The minimum Gasteiger partial charge on any atom is -0.355 e. The molecule has 2 aromatic rings. The number of rotatable bonds is 3. The number of likely N-dealkylation sites (tertiary alicyclic amines) is 1. The van der Waals surface area contributed by atoms with Crippen LogP contribution in [0.5, 0.6) is 0 Å². The van der Waals surface area contributed by atoms with E-state index in [0.29, 0.717) is 6.54 Å². The van der Waals surface area contributed by atoms with Crippen LogP contribution in [0, 0.1) is 26.2 Å². The van der Waals surface area contributed by atoms with Crippen LogP contribution in [0.15, 0.2) is 12.3 Å². The zero-order valence-electron chi connectivity index (χ0n) is 16.6. The highest BCUT2D eigenvalue weighted by molar-refractivity contribution is 5.93. The van der Waals surface area contributed by atoms with Crippen molar-refractivity contribution in [1.82, 2.24) is 14.5 Å². The average molecular weight is 387 g/mol. The monoisotopic (exact) mass is 386 g/mol. The molecule has 0 N–H and O–H groups in total. The molecule has 0 spiro atoms. The molecule has 0 aliphatic carbocycles. The molecule has 2 aliphatic heterocycles. The van der Waals surface area contributed by atoms with E-state index in [1.54, 1.807) is 0 Å². The first-order valence-electron chi connectivity index (χ1n) is 10.1. The predicted molar refractivity (Wildman–Crippen MR) is 116 cm³/mol. The fraction of sp³-hybridized carbons (Fsp3) is 0.591. The summed E-state index contributed by atoms with van der Waals surface area (Å²) in [7, 11) is 0. The van der Waals surface area contributed by atoms with Crippen molar-refractivity contribution in [1.29, 1.82) is 0 Å². The zero-order valence-corrected chi connectivity index (χ0v) is 17.4. The van der Waals surface area contributed by atoms with Gasteiger partial charge in [-0.1, -0.05) is 12.3 Å². The molecule has 0 saturated carbocycles. The summed E-state index contributed by atoms with van der Waals surface area (Å²) in [5.74, 6) is 3.94. The Morgan fingerprint density at radius 2 is 1.81 bits per heavy atom. The number of aryl methyl sites for hydroxylation is 1. The zero-order chi connectivity index (χ0) is 18.1. The van der Waals surface area contributed by atoms with E-state index < -0.39 is 0 Å². The highest BCUT2D eigenvalue weighted by Gasteiger charge is 2.27. The van der Waals surface area contributed by atoms with Gasteiger partial charge in [-0.15, -0.1) is 18.8 Å². The lowest BCUT2D eigenvalue weighted by Crippen LogP contribution is -2.47. The minimum absolute atomic E-state index is 0. The number of hydrogen-bond donors (Lipinski definition) is 0. The SMILES string of the molecule is C#CCn1c(C)c(C)c2ccnc(N3CCC(N4CCCCC4)CC3)c21.Cl. The van der Waals surface area contributed by atoms with Crippen LogP contribution in [-0.2, 0) is 6.54 Å². The van der Waals surface area contributed by atoms with Gasteiger partial charge in [0.25, 0.3) is 0 Å². The van der Waals surface area contributed by atoms with Crippen molar-refractivity contribution in [3.8, 4) is 12.3 Å². The van der Waals surface area contributed by atoms with Gasteiger partial charge in [0.15, 0.2) is 5.82 Å². The molecule has 0 radical (unpaired) electrons. The molecule has 146 valence electrons. The Bertz CT molecular complexity index is 821. The molecule has 2 saturated heterocycles. The summed E-state index contributed by atoms with van der Waals surface area (Å²) >= 11 is 0. The summed E-state index contributed by atoms with van der Waals surface area (Å²) in [5, 5.41) is 1.29. The minimum atomic E-state index is 0. The molecule has 0 atom stereocenters. The molecule has 4 nitrogen and oxygen atoms in total. The van der Waals surface area contributed by atoms with Gasteiger partial charge >= 0.3 is 0 Å². The van der Waals surface area contributed by atoms with Gasteiger partial charge in [0, 0.05) is 36.4 Å². The van der Waals surface area contributed by atoms with E-state index in [1.807, 2.05) is 6.20 Å². The Morgan fingerprint density at radius 3 is 2.48 bits per heavy atom. The molecule has 4 heterocycles. The van der Waals surface area contributed by atoms with Crippen LogP contribution in [0.4, 0.5) is 5.82 Å².